The first kappa shape index (κ1) is 18.9. The lowest BCUT2D eigenvalue weighted by molar-refractivity contribution is -0.137. The Hall–Kier alpha value is -1.10. The summed E-state index contributed by atoms with van der Waals surface area (Å²) in [4.78, 5) is 22.5. The number of amides is 1. The molecule has 0 heterocycles. The fraction of sp³-hybridized carbons (Fsp3) is 0.867. The molecule has 5 heteroatoms. The van der Waals surface area contributed by atoms with Gasteiger partial charge in [0.05, 0.1) is 0 Å². The van der Waals surface area contributed by atoms with Crippen LogP contribution >= 0.6 is 0 Å². The smallest absolute Gasteiger partial charge is 0.303 e. The van der Waals surface area contributed by atoms with Gasteiger partial charge in [-0.2, -0.15) is 0 Å². The van der Waals surface area contributed by atoms with Gasteiger partial charge in [-0.05, 0) is 37.1 Å². The third-order valence-corrected chi connectivity index (χ3v) is 3.77. The van der Waals surface area contributed by atoms with E-state index >= 15 is 0 Å². The predicted octanol–water partition coefficient (Wildman–Crippen LogP) is 2.00. The van der Waals surface area contributed by atoms with Gasteiger partial charge >= 0.3 is 5.97 Å². The summed E-state index contributed by atoms with van der Waals surface area (Å²) in [6, 6.07) is 0. The first-order valence-corrected chi connectivity index (χ1v) is 7.38. The van der Waals surface area contributed by atoms with Crippen molar-refractivity contribution in [2.24, 2.45) is 23.0 Å². The summed E-state index contributed by atoms with van der Waals surface area (Å²) >= 11 is 0. The highest BCUT2D eigenvalue weighted by Gasteiger charge is 2.25. The lowest BCUT2D eigenvalue weighted by Crippen LogP contribution is -2.33. The van der Waals surface area contributed by atoms with Crippen LogP contribution < -0.4 is 11.1 Å². The quantitative estimate of drug-likeness (QED) is 0.604. The molecule has 2 atom stereocenters. The maximum absolute atomic E-state index is 11.8. The van der Waals surface area contributed by atoms with Gasteiger partial charge in [0.15, 0.2) is 0 Å². The Balaban J connectivity index is 4.20. The molecule has 118 valence electrons. The van der Waals surface area contributed by atoms with E-state index in [1.54, 1.807) is 0 Å². The van der Waals surface area contributed by atoms with E-state index in [2.05, 4.69) is 26.1 Å². The fourth-order valence-corrected chi connectivity index (χ4v) is 2.23. The Kier molecular flexibility index (Phi) is 8.46. The SMILES string of the molecule is CC(CCN)C(=O)NCCC(CCC(=O)O)C(C)(C)C. The molecule has 0 aliphatic carbocycles. The van der Waals surface area contributed by atoms with Crippen molar-refractivity contribution in [3.63, 3.8) is 0 Å². The average Bonchev–Trinajstić information content (AvgIpc) is 2.31. The minimum Gasteiger partial charge on any atom is -0.481 e. The van der Waals surface area contributed by atoms with Crippen molar-refractivity contribution in [2.75, 3.05) is 13.1 Å². The van der Waals surface area contributed by atoms with Gasteiger partial charge in [0.1, 0.15) is 0 Å². The maximum atomic E-state index is 11.8. The number of rotatable bonds is 9. The molecule has 0 saturated heterocycles. The Morgan fingerprint density at radius 1 is 1.20 bits per heavy atom. The Labute approximate surface area is 122 Å². The molecule has 0 spiro atoms. The summed E-state index contributed by atoms with van der Waals surface area (Å²) in [6.45, 7) is 9.30. The Morgan fingerprint density at radius 2 is 1.80 bits per heavy atom. The molecular formula is C15H30N2O3. The van der Waals surface area contributed by atoms with Gasteiger partial charge in [0, 0.05) is 18.9 Å². The number of hydrogen-bond acceptors (Lipinski definition) is 3. The van der Waals surface area contributed by atoms with Crippen LogP contribution in [0, 0.1) is 17.3 Å². The molecule has 0 bridgehead atoms. The minimum atomic E-state index is -0.764. The number of carbonyl (C=O) groups is 2. The van der Waals surface area contributed by atoms with E-state index in [4.69, 9.17) is 10.8 Å². The van der Waals surface area contributed by atoms with Crippen LogP contribution in [0.2, 0.25) is 0 Å². The molecule has 2 unspecified atom stereocenters. The molecule has 0 saturated carbocycles. The molecule has 0 aliphatic heterocycles. The van der Waals surface area contributed by atoms with Gasteiger partial charge in [-0.1, -0.05) is 27.7 Å². The summed E-state index contributed by atoms with van der Waals surface area (Å²) in [6.07, 6.45) is 2.32. The molecule has 0 fully saturated rings. The summed E-state index contributed by atoms with van der Waals surface area (Å²) in [7, 11) is 0. The second-order valence-electron chi connectivity index (χ2n) is 6.55. The number of carbonyl (C=O) groups excluding carboxylic acids is 1. The highest BCUT2D eigenvalue weighted by Crippen LogP contribution is 2.32. The first-order chi connectivity index (χ1) is 9.18. The van der Waals surface area contributed by atoms with E-state index in [9.17, 15) is 9.59 Å². The topological polar surface area (TPSA) is 92.4 Å². The molecule has 5 nitrogen and oxygen atoms in total. The second-order valence-corrected chi connectivity index (χ2v) is 6.55. The van der Waals surface area contributed by atoms with Crippen LogP contribution in [0.4, 0.5) is 0 Å². The van der Waals surface area contributed by atoms with E-state index < -0.39 is 5.97 Å². The van der Waals surface area contributed by atoms with Crippen LogP contribution in [0.5, 0.6) is 0 Å². The zero-order chi connectivity index (χ0) is 15.8. The van der Waals surface area contributed by atoms with Gasteiger partial charge in [-0.3, -0.25) is 9.59 Å². The lowest BCUT2D eigenvalue weighted by Gasteiger charge is -2.30. The zero-order valence-corrected chi connectivity index (χ0v) is 13.2. The Bertz CT molecular complexity index is 311. The fourth-order valence-electron chi connectivity index (χ4n) is 2.23. The number of hydrogen-bond donors (Lipinski definition) is 3. The zero-order valence-electron chi connectivity index (χ0n) is 13.2. The van der Waals surface area contributed by atoms with E-state index in [1.807, 2.05) is 6.92 Å². The van der Waals surface area contributed by atoms with Gasteiger partial charge in [-0.25, -0.2) is 0 Å². The van der Waals surface area contributed by atoms with Crippen molar-refractivity contribution < 1.29 is 14.7 Å². The lowest BCUT2D eigenvalue weighted by atomic mass is 9.76. The Morgan fingerprint density at radius 3 is 2.25 bits per heavy atom. The normalized spacial score (nSPS) is 14.7. The minimum absolute atomic E-state index is 0.0290. The summed E-state index contributed by atoms with van der Waals surface area (Å²) in [5.74, 6) is -0.517. The summed E-state index contributed by atoms with van der Waals surface area (Å²) in [5, 5.41) is 11.7. The van der Waals surface area contributed by atoms with Crippen LogP contribution in [0.15, 0.2) is 0 Å². The third kappa shape index (κ3) is 8.15. The summed E-state index contributed by atoms with van der Waals surface area (Å²) in [5.41, 5.74) is 5.48. The first-order valence-electron chi connectivity index (χ1n) is 7.38. The van der Waals surface area contributed by atoms with Crippen molar-refractivity contribution >= 4 is 11.9 Å². The third-order valence-electron chi connectivity index (χ3n) is 3.77. The number of carboxylic acid groups (broad SMARTS) is 1. The van der Waals surface area contributed by atoms with Crippen molar-refractivity contribution in [3.05, 3.63) is 0 Å². The van der Waals surface area contributed by atoms with Crippen molar-refractivity contribution in [3.8, 4) is 0 Å². The molecule has 0 aromatic carbocycles. The number of nitrogens with two attached hydrogens (primary N) is 1. The number of nitrogens with one attached hydrogen (secondary N) is 1. The molecule has 0 aliphatic rings. The van der Waals surface area contributed by atoms with Gasteiger partial charge in [0.25, 0.3) is 0 Å². The molecule has 4 N–H and O–H groups in total. The molecular weight excluding hydrogens is 256 g/mol. The number of aliphatic carboxylic acids is 1. The van der Waals surface area contributed by atoms with Crippen LogP contribution in [-0.4, -0.2) is 30.1 Å². The van der Waals surface area contributed by atoms with Crippen molar-refractivity contribution in [1.82, 2.24) is 5.32 Å². The second kappa shape index (κ2) is 8.95. The van der Waals surface area contributed by atoms with Crippen LogP contribution in [-0.2, 0) is 9.59 Å². The maximum Gasteiger partial charge on any atom is 0.303 e. The van der Waals surface area contributed by atoms with Gasteiger partial charge in [-0.15, -0.1) is 0 Å². The van der Waals surface area contributed by atoms with Gasteiger partial charge in [0.2, 0.25) is 5.91 Å². The van der Waals surface area contributed by atoms with Crippen LogP contribution in [0.1, 0.15) is 53.4 Å². The van der Waals surface area contributed by atoms with E-state index in [-0.39, 0.29) is 29.6 Å². The van der Waals surface area contributed by atoms with Crippen molar-refractivity contribution in [1.29, 1.82) is 0 Å². The van der Waals surface area contributed by atoms with Crippen LogP contribution in [0.25, 0.3) is 0 Å². The average molecular weight is 286 g/mol. The number of carboxylic acids is 1. The molecule has 0 rings (SSSR count). The van der Waals surface area contributed by atoms with E-state index in [0.29, 0.717) is 25.9 Å². The largest absolute Gasteiger partial charge is 0.481 e. The molecule has 20 heavy (non-hydrogen) atoms. The predicted molar refractivity (Wildman–Crippen MR) is 80.3 cm³/mol. The standard InChI is InChI=1S/C15H30N2O3/c1-11(7-9-16)14(20)17-10-8-12(15(2,3)4)5-6-13(18)19/h11-12H,5-10,16H2,1-4H3,(H,17,20)(H,18,19). The van der Waals surface area contributed by atoms with E-state index in [1.165, 1.54) is 0 Å². The molecule has 0 radical (unpaired) electrons. The summed E-state index contributed by atoms with van der Waals surface area (Å²) < 4.78 is 0. The van der Waals surface area contributed by atoms with E-state index in [0.717, 1.165) is 6.42 Å². The van der Waals surface area contributed by atoms with Crippen molar-refractivity contribution in [2.45, 2.75) is 53.4 Å². The molecule has 0 aromatic heterocycles. The van der Waals surface area contributed by atoms with Crippen LogP contribution in [0.3, 0.4) is 0 Å². The molecule has 0 aromatic rings. The highest BCUT2D eigenvalue weighted by molar-refractivity contribution is 5.78. The highest BCUT2D eigenvalue weighted by atomic mass is 16.4. The molecule has 1 amide bonds. The monoisotopic (exact) mass is 286 g/mol. The van der Waals surface area contributed by atoms with Gasteiger partial charge < -0.3 is 16.2 Å².